The molecule has 0 aliphatic carbocycles. The van der Waals surface area contributed by atoms with Crippen LogP contribution >= 0.6 is 0 Å². The van der Waals surface area contributed by atoms with E-state index in [1.165, 1.54) is 18.2 Å². The molecule has 0 amide bonds. The summed E-state index contributed by atoms with van der Waals surface area (Å²) < 4.78 is 6.22. The van der Waals surface area contributed by atoms with Crippen LogP contribution in [0.15, 0.2) is 74.9 Å². The third-order valence-electron chi connectivity index (χ3n) is 5.62. The van der Waals surface area contributed by atoms with E-state index in [9.17, 15) is 20.0 Å². The number of anilines is 2. The van der Waals surface area contributed by atoms with Gasteiger partial charge < -0.3 is 20.6 Å². The Labute approximate surface area is 201 Å². The SMILES string of the molecule is CN=Cc1cc(-c2cc(=O)c3cc(C#N)cc(C(C)Nc4ccccc4C(=O)O)c3o2)ccc1N. The van der Waals surface area contributed by atoms with Crippen molar-refractivity contribution in [2.24, 2.45) is 4.99 Å². The number of nitrogens with two attached hydrogens (primary N) is 1. The zero-order chi connectivity index (χ0) is 25.1. The Morgan fingerprint density at radius 2 is 1.97 bits per heavy atom. The second-order valence-electron chi connectivity index (χ2n) is 7.98. The molecule has 1 atom stereocenters. The first-order valence-electron chi connectivity index (χ1n) is 10.7. The van der Waals surface area contributed by atoms with Crippen molar-refractivity contribution in [3.05, 3.63) is 93.1 Å². The van der Waals surface area contributed by atoms with E-state index in [1.807, 2.05) is 0 Å². The molecule has 35 heavy (non-hydrogen) atoms. The van der Waals surface area contributed by atoms with Gasteiger partial charge in [-0.15, -0.1) is 0 Å². The molecule has 4 aromatic rings. The van der Waals surface area contributed by atoms with Gasteiger partial charge in [0.05, 0.1) is 28.6 Å². The van der Waals surface area contributed by atoms with E-state index in [-0.39, 0.29) is 16.4 Å². The summed E-state index contributed by atoms with van der Waals surface area (Å²) in [5, 5.41) is 22.5. The van der Waals surface area contributed by atoms with Crippen LogP contribution in [0, 0.1) is 11.3 Å². The molecule has 0 fully saturated rings. The summed E-state index contributed by atoms with van der Waals surface area (Å²) in [6.45, 7) is 1.81. The number of nitriles is 1. The highest BCUT2D eigenvalue weighted by molar-refractivity contribution is 5.94. The molecular weight excluding hydrogens is 444 g/mol. The van der Waals surface area contributed by atoms with Gasteiger partial charge in [0.2, 0.25) is 0 Å². The maximum atomic E-state index is 13.1. The van der Waals surface area contributed by atoms with Gasteiger partial charge in [-0.2, -0.15) is 5.26 Å². The summed E-state index contributed by atoms with van der Waals surface area (Å²) in [4.78, 5) is 28.7. The molecule has 4 rings (SSSR count). The van der Waals surface area contributed by atoms with Crippen LogP contribution in [-0.2, 0) is 0 Å². The molecule has 0 radical (unpaired) electrons. The maximum Gasteiger partial charge on any atom is 0.337 e. The largest absolute Gasteiger partial charge is 0.478 e. The minimum Gasteiger partial charge on any atom is -0.478 e. The van der Waals surface area contributed by atoms with Crippen molar-refractivity contribution in [2.75, 3.05) is 18.1 Å². The molecule has 1 heterocycles. The Morgan fingerprint density at radius 1 is 1.20 bits per heavy atom. The van der Waals surface area contributed by atoms with Crippen LogP contribution in [0.1, 0.15) is 40.0 Å². The Bertz CT molecular complexity index is 1580. The number of carboxylic acid groups (broad SMARTS) is 1. The molecule has 0 aliphatic heterocycles. The van der Waals surface area contributed by atoms with Crippen molar-refractivity contribution in [1.29, 1.82) is 5.26 Å². The Balaban J connectivity index is 1.89. The smallest absolute Gasteiger partial charge is 0.337 e. The Hall–Kier alpha value is -4.90. The van der Waals surface area contributed by atoms with Gasteiger partial charge in [0.1, 0.15) is 11.3 Å². The normalized spacial score (nSPS) is 11.9. The molecule has 4 N–H and O–H groups in total. The molecule has 3 aromatic carbocycles. The lowest BCUT2D eigenvalue weighted by Crippen LogP contribution is -2.12. The summed E-state index contributed by atoms with van der Waals surface area (Å²) in [6, 6.07) is 17.9. The fourth-order valence-corrected chi connectivity index (χ4v) is 3.90. The fraction of sp³-hybridized carbons (Fsp3) is 0.111. The molecule has 1 aromatic heterocycles. The molecule has 8 nitrogen and oxygen atoms in total. The lowest BCUT2D eigenvalue weighted by Gasteiger charge is -2.19. The number of nitrogen functional groups attached to an aromatic ring is 1. The first-order chi connectivity index (χ1) is 16.8. The number of hydrogen-bond acceptors (Lipinski definition) is 7. The number of aromatic carboxylic acids is 1. The van der Waals surface area contributed by atoms with Crippen molar-refractivity contribution in [3.63, 3.8) is 0 Å². The second kappa shape index (κ2) is 9.53. The zero-order valence-corrected chi connectivity index (χ0v) is 19.1. The number of benzene rings is 3. The predicted molar refractivity (Wildman–Crippen MR) is 136 cm³/mol. The van der Waals surface area contributed by atoms with Gasteiger partial charge in [0, 0.05) is 47.4 Å². The fourth-order valence-electron chi connectivity index (χ4n) is 3.90. The average Bonchev–Trinajstić information content (AvgIpc) is 2.85. The third-order valence-corrected chi connectivity index (χ3v) is 5.62. The number of carboxylic acids is 1. The minimum absolute atomic E-state index is 0.106. The molecule has 0 aliphatic rings. The number of hydrogen-bond donors (Lipinski definition) is 3. The molecule has 0 saturated heterocycles. The quantitative estimate of drug-likeness (QED) is 0.273. The van der Waals surface area contributed by atoms with Crippen molar-refractivity contribution < 1.29 is 14.3 Å². The van der Waals surface area contributed by atoms with Crippen molar-refractivity contribution >= 4 is 34.5 Å². The number of nitrogens with one attached hydrogen (secondary N) is 1. The summed E-state index contributed by atoms with van der Waals surface area (Å²) in [6.07, 6.45) is 1.62. The van der Waals surface area contributed by atoms with Crippen LogP contribution in [0.4, 0.5) is 11.4 Å². The van der Waals surface area contributed by atoms with E-state index in [2.05, 4.69) is 16.4 Å². The Morgan fingerprint density at radius 3 is 2.69 bits per heavy atom. The number of carbonyl (C=O) groups is 1. The molecule has 1 unspecified atom stereocenters. The van der Waals surface area contributed by atoms with Crippen LogP contribution in [0.2, 0.25) is 0 Å². The summed E-state index contributed by atoms with van der Waals surface area (Å²) in [5.41, 5.74) is 9.23. The molecule has 0 spiro atoms. The molecular formula is C27H22N4O4. The number of para-hydroxylation sites is 1. The average molecular weight is 466 g/mol. The van der Waals surface area contributed by atoms with Gasteiger partial charge in [-0.1, -0.05) is 12.1 Å². The highest BCUT2D eigenvalue weighted by Crippen LogP contribution is 2.32. The Kier molecular flexibility index (Phi) is 6.34. The van der Waals surface area contributed by atoms with Crippen LogP contribution < -0.4 is 16.5 Å². The van der Waals surface area contributed by atoms with E-state index in [1.54, 1.807) is 62.7 Å². The lowest BCUT2D eigenvalue weighted by molar-refractivity contribution is 0.0698. The zero-order valence-electron chi connectivity index (χ0n) is 19.1. The lowest BCUT2D eigenvalue weighted by atomic mass is 9.99. The van der Waals surface area contributed by atoms with Gasteiger partial charge in [0.15, 0.2) is 5.43 Å². The van der Waals surface area contributed by atoms with Crippen molar-refractivity contribution in [3.8, 4) is 17.4 Å². The van der Waals surface area contributed by atoms with E-state index in [0.717, 1.165) is 0 Å². The minimum atomic E-state index is -1.07. The molecule has 174 valence electrons. The highest BCUT2D eigenvalue weighted by atomic mass is 16.4. The van der Waals surface area contributed by atoms with Gasteiger partial charge in [-0.25, -0.2) is 4.79 Å². The van der Waals surface area contributed by atoms with E-state index in [0.29, 0.717) is 45.0 Å². The monoisotopic (exact) mass is 466 g/mol. The van der Waals surface area contributed by atoms with Crippen LogP contribution in [0.5, 0.6) is 0 Å². The number of nitrogens with zero attached hydrogens (tertiary/aromatic N) is 2. The van der Waals surface area contributed by atoms with Crippen molar-refractivity contribution in [1.82, 2.24) is 0 Å². The van der Waals surface area contributed by atoms with Gasteiger partial charge in [-0.05, 0) is 49.4 Å². The highest BCUT2D eigenvalue weighted by Gasteiger charge is 2.19. The summed E-state index contributed by atoms with van der Waals surface area (Å²) >= 11 is 0. The van der Waals surface area contributed by atoms with Gasteiger partial charge >= 0.3 is 5.97 Å². The maximum absolute atomic E-state index is 13.1. The standard InChI is InChI=1S/C27H22N4O4/c1-15(31-23-6-4-3-5-19(23)27(33)34)20-9-16(13-28)10-21-24(32)12-25(35-26(20)21)17-7-8-22(29)18(11-17)14-30-2/h3-12,14-15,31H,29H2,1-2H3,(H,33,34). The first-order valence-corrected chi connectivity index (χ1v) is 10.7. The van der Waals surface area contributed by atoms with Crippen LogP contribution in [0.3, 0.4) is 0 Å². The van der Waals surface area contributed by atoms with E-state index < -0.39 is 12.0 Å². The number of rotatable bonds is 6. The second-order valence-corrected chi connectivity index (χ2v) is 7.98. The number of aliphatic imine (C=N–C) groups is 1. The topological polar surface area (TPSA) is 142 Å². The van der Waals surface area contributed by atoms with E-state index >= 15 is 0 Å². The molecule has 8 heteroatoms. The van der Waals surface area contributed by atoms with Crippen LogP contribution in [-0.4, -0.2) is 24.3 Å². The molecule has 0 saturated carbocycles. The van der Waals surface area contributed by atoms with Crippen molar-refractivity contribution in [2.45, 2.75) is 13.0 Å². The van der Waals surface area contributed by atoms with E-state index in [4.69, 9.17) is 10.2 Å². The number of fused-ring (bicyclic) bond motifs is 1. The van der Waals surface area contributed by atoms with Gasteiger partial charge in [0.25, 0.3) is 0 Å². The van der Waals surface area contributed by atoms with Gasteiger partial charge in [-0.3, -0.25) is 9.79 Å². The summed E-state index contributed by atoms with van der Waals surface area (Å²) in [5.74, 6) is -0.739. The third kappa shape index (κ3) is 4.61. The molecule has 0 bridgehead atoms. The first kappa shape index (κ1) is 23.3. The summed E-state index contributed by atoms with van der Waals surface area (Å²) in [7, 11) is 1.64. The van der Waals surface area contributed by atoms with Crippen LogP contribution in [0.25, 0.3) is 22.3 Å². The predicted octanol–water partition coefficient (Wildman–Crippen LogP) is 4.83.